The van der Waals surface area contributed by atoms with Gasteiger partial charge in [-0.25, -0.2) is 4.98 Å². The van der Waals surface area contributed by atoms with E-state index in [9.17, 15) is 9.59 Å². The lowest BCUT2D eigenvalue weighted by Crippen LogP contribution is -2.29. The molecule has 1 unspecified atom stereocenters. The molecular weight excluding hydrogens is 426 g/mol. The van der Waals surface area contributed by atoms with E-state index in [2.05, 4.69) is 11.4 Å². The molecule has 31 heavy (non-hydrogen) atoms. The van der Waals surface area contributed by atoms with Crippen LogP contribution in [0.1, 0.15) is 49.9 Å². The predicted molar refractivity (Wildman–Crippen MR) is 129 cm³/mol. The number of allylic oxidation sites excluding steroid dienone is 2. The fraction of sp³-hybridized carbons (Fsp3) is 0.375. The summed E-state index contributed by atoms with van der Waals surface area (Å²) in [5, 5.41) is 6.28. The number of carbonyl (C=O) groups excluding carboxylic acids is 1. The van der Waals surface area contributed by atoms with Crippen LogP contribution in [0.2, 0.25) is 0 Å². The van der Waals surface area contributed by atoms with E-state index in [1.165, 1.54) is 30.2 Å². The smallest absolute Gasteiger partial charge is 0.262 e. The van der Waals surface area contributed by atoms with Gasteiger partial charge in [0.15, 0.2) is 5.16 Å². The third kappa shape index (κ3) is 5.46. The molecule has 0 saturated heterocycles. The van der Waals surface area contributed by atoms with Gasteiger partial charge in [-0.2, -0.15) is 0 Å². The molecule has 1 amide bonds. The first-order chi connectivity index (χ1) is 15.1. The van der Waals surface area contributed by atoms with E-state index in [0.717, 1.165) is 24.1 Å². The first kappa shape index (κ1) is 21.8. The van der Waals surface area contributed by atoms with Crippen molar-refractivity contribution < 1.29 is 4.79 Å². The molecule has 3 aromatic rings. The Labute approximate surface area is 190 Å². The molecule has 1 aliphatic carbocycles. The number of nitrogens with one attached hydrogen (secondary N) is 1. The van der Waals surface area contributed by atoms with E-state index >= 15 is 0 Å². The first-order valence-electron chi connectivity index (χ1n) is 10.7. The van der Waals surface area contributed by atoms with Crippen LogP contribution >= 0.6 is 23.1 Å². The zero-order chi connectivity index (χ0) is 21.6. The van der Waals surface area contributed by atoms with Gasteiger partial charge in [-0.15, -0.1) is 11.3 Å². The molecule has 7 heteroatoms. The number of benzene rings is 1. The van der Waals surface area contributed by atoms with Crippen molar-refractivity contribution >= 4 is 39.9 Å². The van der Waals surface area contributed by atoms with Gasteiger partial charge in [-0.1, -0.05) is 41.6 Å². The van der Waals surface area contributed by atoms with Crippen LogP contribution in [-0.2, 0) is 11.3 Å². The molecule has 1 aliphatic rings. The van der Waals surface area contributed by atoms with Gasteiger partial charge in [-0.3, -0.25) is 14.2 Å². The van der Waals surface area contributed by atoms with Gasteiger partial charge in [-0.05, 0) is 62.6 Å². The van der Waals surface area contributed by atoms with E-state index in [1.54, 1.807) is 15.9 Å². The monoisotopic (exact) mass is 453 g/mol. The average molecular weight is 454 g/mol. The van der Waals surface area contributed by atoms with Crippen molar-refractivity contribution in [2.75, 3.05) is 5.75 Å². The molecule has 162 valence electrons. The first-order valence-corrected chi connectivity index (χ1v) is 12.6. The fourth-order valence-corrected chi connectivity index (χ4v) is 5.44. The zero-order valence-corrected chi connectivity index (χ0v) is 19.3. The number of fused-ring (bicyclic) bond motifs is 1. The molecule has 1 N–H and O–H groups in total. The number of thioether (sulfide) groups is 1. The second kappa shape index (κ2) is 10.3. The third-order valence-corrected chi connectivity index (χ3v) is 7.58. The molecule has 0 aliphatic heterocycles. The van der Waals surface area contributed by atoms with Gasteiger partial charge in [0.1, 0.15) is 0 Å². The zero-order valence-electron chi connectivity index (χ0n) is 17.7. The van der Waals surface area contributed by atoms with Crippen molar-refractivity contribution in [3.63, 3.8) is 0 Å². The molecule has 0 fully saturated rings. The minimum Gasteiger partial charge on any atom is -0.348 e. The van der Waals surface area contributed by atoms with Crippen LogP contribution in [-0.4, -0.2) is 21.2 Å². The van der Waals surface area contributed by atoms with Crippen molar-refractivity contribution in [1.29, 1.82) is 0 Å². The summed E-state index contributed by atoms with van der Waals surface area (Å²) >= 11 is 2.96. The van der Waals surface area contributed by atoms with Gasteiger partial charge in [0.05, 0.1) is 22.7 Å². The summed E-state index contributed by atoms with van der Waals surface area (Å²) in [7, 11) is 0. The standard InChI is InChI=1S/C24H27N3O2S2/c1-17(21-12-7-15-30-21)25-22(28)16-31-24-26-20-11-6-5-10-19(20)23(29)27(24)14-13-18-8-3-2-4-9-18/h5-8,10-12,15,17H,2-4,9,13-14,16H2,1H3,(H,25,28). The van der Waals surface area contributed by atoms with Crippen LogP contribution in [0.25, 0.3) is 10.9 Å². The topological polar surface area (TPSA) is 64.0 Å². The minimum absolute atomic E-state index is 0.0295. The summed E-state index contributed by atoms with van der Waals surface area (Å²) in [5.41, 5.74) is 2.07. The van der Waals surface area contributed by atoms with E-state index in [1.807, 2.05) is 48.7 Å². The molecule has 0 bridgehead atoms. The molecule has 2 heterocycles. The summed E-state index contributed by atoms with van der Waals surface area (Å²) in [6.45, 7) is 2.58. The van der Waals surface area contributed by atoms with Crippen molar-refractivity contribution in [2.45, 2.75) is 56.8 Å². The van der Waals surface area contributed by atoms with Crippen LogP contribution in [0, 0.1) is 0 Å². The van der Waals surface area contributed by atoms with Crippen LogP contribution < -0.4 is 10.9 Å². The van der Waals surface area contributed by atoms with Crippen LogP contribution in [0.4, 0.5) is 0 Å². The van der Waals surface area contributed by atoms with Crippen molar-refractivity contribution in [1.82, 2.24) is 14.9 Å². The molecule has 0 spiro atoms. The highest BCUT2D eigenvalue weighted by atomic mass is 32.2. The minimum atomic E-state index is -0.0603. The number of thiophene rings is 1. The summed E-state index contributed by atoms with van der Waals surface area (Å²) in [6.07, 6.45) is 7.89. The molecule has 5 nitrogen and oxygen atoms in total. The van der Waals surface area contributed by atoms with Gasteiger partial charge < -0.3 is 5.32 Å². The summed E-state index contributed by atoms with van der Waals surface area (Å²) in [5.74, 6) is 0.165. The Kier molecular flexibility index (Phi) is 7.25. The molecule has 0 radical (unpaired) electrons. The second-order valence-electron chi connectivity index (χ2n) is 7.82. The Balaban J connectivity index is 1.51. The lowest BCUT2D eigenvalue weighted by Gasteiger charge is -2.16. The normalized spacial score (nSPS) is 14.9. The van der Waals surface area contributed by atoms with E-state index in [4.69, 9.17) is 4.98 Å². The number of aromatic nitrogens is 2. The Morgan fingerprint density at radius 3 is 2.90 bits per heavy atom. The average Bonchev–Trinajstić information content (AvgIpc) is 3.33. The maximum absolute atomic E-state index is 13.2. The van der Waals surface area contributed by atoms with Gasteiger partial charge in [0, 0.05) is 11.4 Å². The van der Waals surface area contributed by atoms with Crippen LogP contribution in [0.5, 0.6) is 0 Å². The Morgan fingerprint density at radius 2 is 2.13 bits per heavy atom. The van der Waals surface area contributed by atoms with Gasteiger partial charge in [0.2, 0.25) is 5.91 Å². The molecule has 1 atom stereocenters. The Hall–Kier alpha value is -2.38. The number of rotatable bonds is 8. The lowest BCUT2D eigenvalue weighted by atomic mass is 9.97. The van der Waals surface area contributed by atoms with Gasteiger partial charge >= 0.3 is 0 Å². The summed E-state index contributed by atoms with van der Waals surface area (Å²) < 4.78 is 1.75. The quantitative estimate of drug-likeness (QED) is 0.285. The van der Waals surface area contributed by atoms with Crippen LogP contribution in [0.15, 0.2) is 63.4 Å². The largest absolute Gasteiger partial charge is 0.348 e. The highest BCUT2D eigenvalue weighted by Crippen LogP contribution is 2.23. The van der Waals surface area contributed by atoms with Crippen molar-refractivity contribution in [3.05, 3.63) is 68.7 Å². The van der Waals surface area contributed by atoms with Crippen LogP contribution in [0.3, 0.4) is 0 Å². The number of carbonyl (C=O) groups is 1. The number of nitrogens with zero attached hydrogens (tertiary/aromatic N) is 2. The van der Waals surface area contributed by atoms with E-state index < -0.39 is 0 Å². The molecule has 4 rings (SSSR count). The number of para-hydroxylation sites is 1. The molecule has 2 aromatic heterocycles. The SMILES string of the molecule is CC(NC(=O)CSc1nc2ccccc2c(=O)n1CCC1=CCCCC1)c1cccs1. The molecule has 0 saturated carbocycles. The Morgan fingerprint density at radius 1 is 1.26 bits per heavy atom. The Bertz CT molecular complexity index is 1140. The maximum atomic E-state index is 13.2. The lowest BCUT2D eigenvalue weighted by molar-refractivity contribution is -0.119. The predicted octanol–water partition coefficient (Wildman–Crippen LogP) is 5.32. The number of hydrogen-bond donors (Lipinski definition) is 1. The van der Waals surface area contributed by atoms with E-state index in [-0.39, 0.29) is 23.3 Å². The summed E-state index contributed by atoms with van der Waals surface area (Å²) in [4.78, 5) is 31.6. The maximum Gasteiger partial charge on any atom is 0.262 e. The highest BCUT2D eigenvalue weighted by molar-refractivity contribution is 7.99. The summed E-state index contributed by atoms with van der Waals surface area (Å²) in [6, 6.07) is 11.4. The van der Waals surface area contributed by atoms with Crippen molar-refractivity contribution in [2.24, 2.45) is 0 Å². The third-order valence-electron chi connectivity index (χ3n) is 5.55. The fourth-order valence-electron chi connectivity index (χ4n) is 3.86. The second-order valence-corrected chi connectivity index (χ2v) is 9.74. The molecular formula is C24H27N3O2S2. The van der Waals surface area contributed by atoms with E-state index in [0.29, 0.717) is 22.6 Å². The van der Waals surface area contributed by atoms with Gasteiger partial charge in [0.25, 0.3) is 5.56 Å². The number of amides is 1. The van der Waals surface area contributed by atoms with Crippen molar-refractivity contribution in [3.8, 4) is 0 Å². The number of hydrogen-bond acceptors (Lipinski definition) is 5. The highest BCUT2D eigenvalue weighted by Gasteiger charge is 2.16. The molecule has 1 aromatic carbocycles.